The van der Waals surface area contributed by atoms with E-state index in [-0.39, 0.29) is 37.1 Å². The summed E-state index contributed by atoms with van der Waals surface area (Å²) >= 11 is 0. The maximum Gasteiger partial charge on any atom is 0.321 e. The van der Waals surface area contributed by atoms with Crippen LogP contribution in [0.4, 0.5) is 10.5 Å². The molecule has 1 saturated heterocycles. The van der Waals surface area contributed by atoms with Gasteiger partial charge in [-0.25, -0.2) is 13.2 Å². The average molecular weight is 489 g/mol. The number of carbonyl (C=O) groups excluding carboxylic acids is 1. The van der Waals surface area contributed by atoms with E-state index < -0.39 is 10.0 Å². The predicted octanol–water partition coefficient (Wildman–Crippen LogP) is 2.74. The zero-order valence-electron chi connectivity index (χ0n) is 19.6. The summed E-state index contributed by atoms with van der Waals surface area (Å²) in [7, 11) is 2.76. The third-order valence-corrected chi connectivity index (χ3v) is 7.83. The number of anilines is 1. The van der Waals surface area contributed by atoms with E-state index in [9.17, 15) is 13.2 Å². The number of aryl methyl sites for hydroxylation is 1. The van der Waals surface area contributed by atoms with Gasteiger partial charge < -0.3 is 29.0 Å². The third kappa shape index (κ3) is 4.36. The molecule has 3 aromatic rings. The van der Waals surface area contributed by atoms with Crippen LogP contribution in [0.2, 0.25) is 0 Å². The molecule has 0 spiro atoms. The van der Waals surface area contributed by atoms with Crippen molar-refractivity contribution in [2.24, 2.45) is 7.05 Å². The number of piperazine rings is 1. The molecule has 2 aromatic carbocycles. The van der Waals surface area contributed by atoms with Gasteiger partial charge in [0.25, 0.3) is 0 Å². The Hall–Kier alpha value is -3.44. The molecule has 1 N–H and O–H groups in total. The van der Waals surface area contributed by atoms with Crippen LogP contribution in [0, 0.1) is 0 Å². The monoisotopic (exact) mass is 488 g/mol. The van der Waals surface area contributed by atoms with E-state index in [1.54, 1.807) is 29.2 Å². The lowest BCUT2D eigenvalue weighted by molar-refractivity contribution is 0.184. The third-order valence-electron chi connectivity index (χ3n) is 5.94. The molecule has 0 aliphatic carbocycles. The molecule has 1 aliphatic rings. The number of methoxy groups -OCH3 is 3. The van der Waals surface area contributed by atoms with Crippen LogP contribution >= 0.6 is 0 Å². The van der Waals surface area contributed by atoms with Crippen LogP contribution < -0.4 is 19.5 Å². The molecule has 0 unspecified atom stereocenters. The highest BCUT2D eigenvalue weighted by molar-refractivity contribution is 7.89. The maximum atomic E-state index is 13.2. The summed E-state index contributed by atoms with van der Waals surface area (Å²) in [5.74, 6) is 1.27. The van der Waals surface area contributed by atoms with Gasteiger partial charge in [0.2, 0.25) is 15.8 Å². The zero-order valence-corrected chi connectivity index (χ0v) is 20.4. The van der Waals surface area contributed by atoms with Crippen molar-refractivity contribution in [3.05, 3.63) is 42.6 Å². The van der Waals surface area contributed by atoms with Crippen LogP contribution in [-0.2, 0) is 17.1 Å². The first-order valence-electron chi connectivity index (χ1n) is 10.7. The Morgan fingerprint density at radius 1 is 0.912 bits per heavy atom. The lowest BCUT2D eigenvalue weighted by atomic mass is 10.2. The van der Waals surface area contributed by atoms with Gasteiger partial charge in [0.15, 0.2) is 11.5 Å². The number of rotatable bonds is 6. The SMILES string of the molecule is COc1cc(NC(=O)N2CCN(S(=O)(=O)c3ccc4c(ccn4C)c3)CC2)cc(OC)c1OC. The van der Waals surface area contributed by atoms with Crippen LogP contribution in [0.25, 0.3) is 10.9 Å². The molecule has 0 radical (unpaired) electrons. The molecule has 1 aliphatic heterocycles. The Morgan fingerprint density at radius 2 is 1.56 bits per heavy atom. The van der Waals surface area contributed by atoms with Gasteiger partial charge in [-0.1, -0.05) is 0 Å². The number of urea groups is 1. The normalized spacial score (nSPS) is 14.8. The Balaban J connectivity index is 1.43. The molecule has 0 bridgehead atoms. The topological polar surface area (TPSA) is 102 Å². The van der Waals surface area contributed by atoms with Gasteiger partial charge in [0.05, 0.1) is 31.9 Å². The van der Waals surface area contributed by atoms with E-state index in [1.165, 1.54) is 25.6 Å². The molecule has 4 rings (SSSR count). The highest BCUT2D eigenvalue weighted by atomic mass is 32.2. The molecule has 1 fully saturated rings. The zero-order chi connectivity index (χ0) is 24.5. The van der Waals surface area contributed by atoms with Crippen molar-refractivity contribution in [2.45, 2.75) is 4.90 Å². The van der Waals surface area contributed by atoms with Crippen LogP contribution in [0.1, 0.15) is 0 Å². The van der Waals surface area contributed by atoms with E-state index in [1.807, 2.05) is 29.9 Å². The Bertz CT molecular complexity index is 1290. The van der Waals surface area contributed by atoms with Crippen LogP contribution in [0.5, 0.6) is 17.2 Å². The molecule has 182 valence electrons. The molecule has 0 atom stereocenters. The second kappa shape index (κ2) is 9.43. The van der Waals surface area contributed by atoms with Gasteiger partial charge in [-0.15, -0.1) is 0 Å². The van der Waals surface area contributed by atoms with Crippen molar-refractivity contribution in [1.82, 2.24) is 13.8 Å². The van der Waals surface area contributed by atoms with Crippen molar-refractivity contribution < 1.29 is 27.4 Å². The number of ether oxygens (including phenoxy) is 3. The summed E-state index contributed by atoms with van der Waals surface area (Å²) in [5, 5.41) is 3.69. The Morgan fingerprint density at radius 3 is 2.15 bits per heavy atom. The van der Waals surface area contributed by atoms with E-state index in [0.29, 0.717) is 22.9 Å². The minimum atomic E-state index is -3.66. The highest BCUT2D eigenvalue weighted by Crippen LogP contribution is 2.40. The average Bonchev–Trinajstić information content (AvgIpc) is 3.23. The van der Waals surface area contributed by atoms with Crippen LogP contribution in [0.15, 0.2) is 47.5 Å². The Kier molecular flexibility index (Phi) is 6.58. The molecular weight excluding hydrogens is 460 g/mol. The number of hydrogen-bond acceptors (Lipinski definition) is 6. The van der Waals surface area contributed by atoms with E-state index in [4.69, 9.17) is 14.2 Å². The second-order valence-corrected chi connectivity index (χ2v) is 9.82. The molecule has 34 heavy (non-hydrogen) atoms. The fourth-order valence-corrected chi connectivity index (χ4v) is 5.51. The summed E-state index contributed by atoms with van der Waals surface area (Å²) in [4.78, 5) is 14.7. The van der Waals surface area contributed by atoms with Crippen LogP contribution in [0.3, 0.4) is 0 Å². The molecule has 0 saturated carbocycles. The van der Waals surface area contributed by atoms with Gasteiger partial charge >= 0.3 is 6.03 Å². The molecule has 2 heterocycles. The van der Waals surface area contributed by atoms with Crippen molar-refractivity contribution in [3.63, 3.8) is 0 Å². The van der Waals surface area contributed by atoms with Gasteiger partial charge in [-0.05, 0) is 24.3 Å². The fraction of sp³-hybridized carbons (Fsp3) is 0.348. The minimum Gasteiger partial charge on any atom is -0.493 e. The quantitative estimate of drug-likeness (QED) is 0.573. The van der Waals surface area contributed by atoms with Gasteiger partial charge in [-0.3, -0.25) is 0 Å². The smallest absolute Gasteiger partial charge is 0.321 e. The van der Waals surface area contributed by atoms with E-state index in [0.717, 1.165) is 10.9 Å². The molecule has 2 amide bonds. The minimum absolute atomic E-state index is 0.206. The molecule has 10 nitrogen and oxygen atoms in total. The summed E-state index contributed by atoms with van der Waals surface area (Å²) < 4.78 is 45.6. The summed E-state index contributed by atoms with van der Waals surface area (Å²) in [6, 6.07) is 9.95. The van der Waals surface area contributed by atoms with Gasteiger partial charge in [0, 0.05) is 62.5 Å². The largest absolute Gasteiger partial charge is 0.493 e. The number of carbonyl (C=O) groups is 1. The fourth-order valence-electron chi connectivity index (χ4n) is 4.06. The lowest BCUT2D eigenvalue weighted by Crippen LogP contribution is -2.51. The van der Waals surface area contributed by atoms with Gasteiger partial charge in [-0.2, -0.15) is 4.31 Å². The number of nitrogens with one attached hydrogen (secondary N) is 1. The van der Waals surface area contributed by atoms with Crippen molar-refractivity contribution >= 4 is 32.6 Å². The lowest BCUT2D eigenvalue weighted by Gasteiger charge is -2.34. The predicted molar refractivity (Wildman–Crippen MR) is 128 cm³/mol. The number of amides is 2. The first-order valence-corrected chi connectivity index (χ1v) is 12.1. The first kappa shape index (κ1) is 23.7. The van der Waals surface area contributed by atoms with E-state index >= 15 is 0 Å². The second-order valence-electron chi connectivity index (χ2n) is 7.88. The van der Waals surface area contributed by atoms with Crippen LogP contribution in [-0.4, -0.2) is 75.7 Å². The number of benzene rings is 2. The van der Waals surface area contributed by atoms with Crippen molar-refractivity contribution in [2.75, 3.05) is 52.8 Å². The van der Waals surface area contributed by atoms with Crippen molar-refractivity contribution in [3.8, 4) is 17.2 Å². The van der Waals surface area contributed by atoms with Crippen molar-refractivity contribution in [1.29, 1.82) is 0 Å². The molecule has 11 heteroatoms. The number of nitrogens with zero attached hydrogens (tertiary/aromatic N) is 3. The summed E-state index contributed by atoms with van der Waals surface area (Å²) in [6.45, 7) is 0.946. The summed E-state index contributed by atoms with van der Waals surface area (Å²) in [5.41, 5.74) is 1.44. The number of hydrogen-bond donors (Lipinski definition) is 1. The Labute approximate surface area is 198 Å². The first-order chi connectivity index (χ1) is 16.3. The standard InChI is InChI=1S/C23H28N4O6S/c1-25-8-7-16-13-18(5-6-19(16)25)34(29,30)27-11-9-26(10-12-27)23(28)24-17-14-20(31-2)22(33-4)21(15-17)32-3/h5-8,13-15H,9-12H2,1-4H3,(H,24,28). The van der Waals surface area contributed by atoms with E-state index in [2.05, 4.69) is 5.32 Å². The summed E-state index contributed by atoms with van der Waals surface area (Å²) in [6.07, 6.45) is 1.90. The number of aromatic nitrogens is 1. The number of sulfonamides is 1. The van der Waals surface area contributed by atoms with Gasteiger partial charge in [0.1, 0.15) is 0 Å². The highest BCUT2D eigenvalue weighted by Gasteiger charge is 2.30. The molecule has 1 aromatic heterocycles. The molecular formula is C23H28N4O6S. The maximum absolute atomic E-state index is 13.2. The number of fused-ring (bicyclic) bond motifs is 1.